The summed E-state index contributed by atoms with van der Waals surface area (Å²) in [7, 11) is 0. The molecule has 6 heteroatoms. The molecule has 0 amide bonds. The van der Waals surface area contributed by atoms with E-state index in [1.807, 2.05) is 66.7 Å². The van der Waals surface area contributed by atoms with Gasteiger partial charge in [0.05, 0.1) is 17.1 Å². The summed E-state index contributed by atoms with van der Waals surface area (Å²) >= 11 is 0. The lowest BCUT2D eigenvalue weighted by Crippen LogP contribution is -2.57. The van der Waals surface area contributed by atoms with E-state index in [2.05, 4.69) is 107 Å². The minimum atomic E-state index is -0.0436. The molecule has 0 aromatic heterocycles. The highest BCUT2D eigenvalue weighted by molar-refractivity contribution is 6.98. The predicted octanol–water partition coefficient (Wildman–Crippen LogP) is 9.46. The molecule has 7 aromatic rings. The van der Waals surface area contributed by atoms with E-state index in [0.717, 1.165) is 85.0 Å². The third-order valence-corrected chi connectivity index (χ3v) is 9.35. The Balaban J connectivity index is 1.11. The molecule has 0 saturated heterocycles. The number of rotatable bonds is 4. The predicted molar refractivity (Wildman–Crippen MR) is 194 cm³/mol. The molecule has 5 nitrogen and oxygen atoms in total. The molecule has 3 heterocycles. The van der Waals surface area contributed by atoms with E-state index in [1.54, 1.807) is 0 Å². The number of hydrogen-bond acceptors (Lipinski definition) is 5. The van der Waals surface area contributed by atoms with Crippen molar-refractivity contribution in [1.29, 1.82) is 0 Å². The fourth-order valence-electron chi connectivity index (χ4n) is 7.26. The molecule has 3 aliphatic rings. The van der Waals surface area contributed by atoms with Crippen LogP contribution in [-0.2, 0) is 0 Å². The van der Waals surface area contributed by atoms with Crippen molar-refractivity contribution >= 4 is 57.2 Å². The average molecular weight is 619 g/mol. The SMILES string of the molecule is c1ccc(N(c2ccccc2)c2ccc3c(c2)Oc2cccc4c2B3c2ccc(N3c5ccccc5Oc5ccccc53)cc2O4)cc1. The van der Waals surface area contributed by atoms with Gasteiger partial charge in [0.1, 0.15) is 23.0 Å². The van der Waals surface area contributed by atoms with Crippen molar-refractivity contribution in [3.63, 3.8) is 0 Å². The van der Waals surface area contributed by atoms with Crippen molar-refractivity contribution in [2.45, 2.75) is 0 Å². The van der Waals surface area contributed by atoms with E-state index in [4.69, 9.17) is 14.2 Å². The van der Waals surface area contributed by atoms with Gasteiger partial charge in [0.25, 0.3) is 6.71 Å². The first-order valence-electron chi connectivity index (χ1n) is 16.1. The van der Waals surface area contributed by atoms with E-state index in [0.29, 0.717) is 0 Å². The number of nitrogens with zero attached hydrogens (tertiary/aromatic N) is 2. The first kappa shape index (κ1) is 26.8. The normalized spacial score (nSPS) is 13.0. The number of para-hydroxylation sites is 6. The number of hydrogen-bond donors (Lipinski definition) is 0. The van der Waals surface area contributed by atoms with Crippen LogP contribution in [0.25, 0.3) is 0 Å². The van der Waals surface area contributed by atoms with Crippen LogP contribution in [0.2, 0.25) is 0 Å². The van der Waals surface area contributed by atoms with Gasteiger partial charge in [-0.1, -0.05) is 78.9 Å². The molecule has 48 heavy (non-hydrogen) atoms. The smallest absolute Gasteiger partial charge is 0.260 e. The Morgan fingerprint density at radius 3 is 1.52 bits per heavy atom. The zero-order valence-corrected chi connectivity index (χ0v) is 25.8. The Hall–Kier alpha value is -6.40. The summed E-state index contributed by atoms with van der Waals surface area (Å²) in [5, 5.41) is 0. The van der Waals surface area contributed by atoms with E-state index in [-0.39, 0.29) is 6.71 Å². The van der Waals surface area contributed by atoms with E-state index < -0.39 is 0 Å². The molecule has 3 aliphatic heterocycles. The maximum atomic E-state index is 6.68. The highest BCUT2D eigenvalue weighted by atomic mass is 16.5. The fraction of sp³-hybridized carbons (Fsp3) is 0. The maximum absolute atomic E-state index is 6.68. The Morgan fingerprint density at radius 2 is 0.896 bits per heavy atom. The summed E-state index contributed by atoms with van der Waals surface area (Å²) < 4.78 is 19.6. The first-order valence-corrected chi connectivity index (χ1v) is 16.1. The summed E-state index contributed by atoms with van der Waals surface area (Å²) in [6, 6.07) is 56.4. The van der Waals surface area contributed by atoms with Crippen LogP contribution in [0.15, 0.2) is 164 Å². The Labute approximate surface area is 278 Å². The summed E-state index contributed by atoms with van der Waals surface area (Å²) in [6.45, 7) is -0.0436. The van der Waals surface area contributed by atoms with Gasteiger partial charge in [-0.25, -0.2) is 0 Å². The molecule has 0 radical (unpaired) electrons. The van der Waals surface area contributed by atoms with E-state index >= 15 is 0 Å². The zero-order valence-electron chi connectivity index (χ0n) is 25.8. The fourth-order valence-corrected chi connectivity index (χ4v) is 7.26. The van der Waals surface area contributed by atoms with Crippen molar-refractivity contribution in [2.75, 3.05) is 9.80 Å². The second-order valence-corrected chi connectivity index (χ2v) is 12.1. The Bertz CT molecular complexity index is 2280. The van der Waals surface area contributed by atoms with Crippen molar-refractivity contribution in [3.8, 4) is 34.5 Å². The third-order valence-electron chi connectivity index (χ3n) is 9.35. The van der Waals surface area contributed by atoms with Crippen LogP contribution in [-0.4, -0.2) is 6.71 Å². The van der Waals surface area contributed by atoms with Crippen LogP contribution in [0, 0.1) is 0 Å². The molecular formula is C42H27BN2O3. The largest absolute Gasteiger partial charge is 0.458 e. The molecule has 0 bridgehead atoms. The van der Waals surface area contributed by atoms with E-state index in [9.17, 15) is 0 Å². The molecule has 7 aromatic carbocycles. The van der Waals surface area contributed by atoms with Crippen LogP contribution in [0.4, 0.5) is 34.1 Å². The Morgan fingerprint density at radius 1 is 0.396 bits per heavy atom. The van der Waals surface area contributed by atoms with Gasteiger partial charge in [-0.15, -0.1) is 0 Å². The minimum Gasteiger partial charge on any atom is -0.458 e. The van der Waals surface area contributed by atoms with E-state index in [1.165, 1.54) is 0 Å². The minimum absolute atomic E-state index is 0.0436. The standard InChI is InChI=1S/C42H27BN2O3/c1-3-12-28(13-4-1)44(29-14-5-2-6-15-29)30-22-24-32-40(26-30)47-38-20-11-21-39-42(38)43(32)33-25-23-31(27-41(33)48-39)45-34-16-7-9-18-36(34)46-37-19-10-8-17-35(37)45/h1-27H. The summed E-state index contributed by atoms with van der Waals surface area (Å²) in [6.07, 6.45) is 0. The van der Waals surface area contributed by atoms with Crippen LogP contribution in [0.1, 0.15) is 0 Å². The lowest BCUT2D eigenvalue weighted by molar-refractivity contribution is 0.464. The number of ether oxygens (including phenoxy) is 3. The lowest BCUT2D eigenvalue weighted by atomic mass is 9.35. The summed E-state index contributed by atoms with van der Waals surface area (Å²) in [4.78, 5) is 4.51. The van der Waals surface area contributed by atoms with Gasteiger partial charge in [0.2, 0.25) is 0 Å². The second-order valence-electron chi connectivity index (χ2n) is 12.1. The third kappa shape index (κ3) is 4.13. The molecule has 0 aliphatic carbocycles. The maximum Gasteiger partial charge on any atom is 0.260 e. The Kier molecular flexibility index (Phi) is 5.90. The number of anilines is 6. The van der Waals surface area contributed by atoms with Crippen molar-refractivity contribution in [1.82, 2.24) is 0 Å². The van der Waals surface area contributed by atoms with Gasteiger partial charge in [-0.2, -0.15) is 0 Å². The topological polar surface area (TPSA) is 34.2 Å². The lowest BCUT2D eigenvalue weighted by Gasteiger charge is -2.36. The average Bonchev–Trinajstić information content (AvgIpc) is 3.14. The molecule has 226 valence electrons. The van der Waals surface area contributed by atoms with Gasteiger partial charge in [-0.05, 0) is 83.7 Å². The molecule has 10 rings (SSSR count). The molecule has 0 N–H and O–H groups in total. The molecule has 0 saturated carbocycles. The van der Waals surface area contributed by atoms with Crippen LogP contribution < -0.4 is 40.4 Å². The van der Waals surface area contributed by atoms with Gasteiger partial charge >= 0.3 is 0 Å². The summed E-state index contributed by atoms with van der Waals surface area (Å²) in [5.74, 6) is 4.94. The summed E-state index contributed by atoms with van der Waals surface area (Å²) in [5.41, 5.74) is 9.43. The molecule has 0 unspecified atom stereocenters. The highest BCUT2D eigenvalue weighted by Gasteiger charge is 2.40. The number of benzene rings is 7. The molecule has 0 spiro atoms. The first-order chi connectivity index (χ1) is 23.8. The second kappa shape index (κ2) is 10.6. The monoisotopic (exact) mass is 618 g/mol. The van der Waals surface area contributed by atoms with Crippen molar-refractivity contribution in [2.24, 2.45) is 0 Å². The van der Waals surface area contributed by atoms with Crippen molar-refractivity contribution in [3.05, 3.63) is 164 Å². The van der Waals surface area contributed by atoms with Crippen LogP contribution in [0.5, 0.6) is 34.5 Å². The van der Waals surface area contributed by atoms with Crippen LogP contribution >= 0.6 is 0 Å². The molecule has 0 fully saturated rings. The van der Waals surface area contributed by atoms with Gasteiger partial charge in [0.15, 0.2) is 11.5 Å². The molecule has 0 atom stereocenters. The van der Waals surface area contributed by atoms with Crippen molar-refractivity contribution < 1.29 is 14.2 Å². The zero-order chi connectivity index (χ0) is 31.6. The van der Waals surface area contributed by atoms with Gasteiger partial charge < -0.3 is 24.0 Å². The molecular weight excluding hydrogens is 591 g/mol. The number of fused-ring (bicyclic) bond motifs is 6. The highest BCUT2D eigenvalue weighted by Crippen LogP contribution is 2.51. The van der Waals surface area contributed by atoms with Gasteiger partial charge in [-0.3, -0.25) is 0 Å². The van der Waals surface area contributed by atoms with Crippen LogP contribution in [0.3, 0.4) is 0 Å². The van der Waals surface area contributed by atoms with Gasteiger partial charge in [0, 0.05) is 34.7 Å². The quantitative estimate of drug-likeness (QED) is 0.184.